The summed E-state index contributed by atoms with van der Waals surface area (Å²) in [5.41, 5.74) is 0. The molecule has 72 valence electrons. The van der Waals surface area contributed by atoms with Gasteiger partial charge in [-0.2, -0.15) is 0 Å². The number of anilines is 1. The summed E-state index contributed by atoms with van der Waals surface area (Å²) in [4.78, 5) is 4.14. The molecule has 3 nitrogen and oxygen atoms in total. The third-order valence-corrected chi connectivity index (χ3v) is 2.17. The zero-order chi connectivity index (χ0) is 9.68. The average Bonchev–Trinajstić information content (AvgIpc) is 2.04. The smallest absolute Gasteiger partial charge is 0.127 e. The van der Waals surface area contributed by atoms with E-state index in [1.54, 1.807) is 6.20 Å². The molecule has 0 unspecified atom stereocenters. The number of aromatic nitrogens is 1. The Kier molecular flexibility index (Phi) is 4.18. The van der Waals surface area contributed by atoms with Crippen molar-refractivity contribution in [2.45, 2.75) is 19.4 Å². The number of aliphatic hydroxyl groups excluding tert-OH is 1. The summed E-state index contributed by atoms with van der Waals surface area (Å²) in [6, 6.07) is 4.03. The maximum atomic E-state index is 8.70. The molecule has 4 heteroatoms. The monoisotopic (exact) mass is 244 g/mol. The number of pyridine rings is 1. The van der Waals surface area contributed by atoms with Gasteiger partial charge >= 0.3 is 0 Å². The van der Waals surface area contributed by atoms with Gasteiger partial charge in [0, 0.05) is 23.3 Å². The normalized spacial score (nSPS) is 12.5. The molecule has 1 aromatic heterocycles. The number of nitrogens with zero attached hydrogens (tertiary/aromatic N) is 1. The Labute approximate surface area is 86.3 Å². The molecule has 0 saturated carbocycles. The van der Waals surface area contributed by atoms with Crippen molar-refractivity contribution in [1.29, 1.82) is 0 Å². The van der Waals surface area contributed by atoms with E-state index in [9.17, 15) is 0 Å². The highest BCUT2D eigenvalue weighted by atomic mass is 79.9. The van der Waals surface area contributed by atoms with Crippen LogP contribution in [-0.4, -0.2) is 22.7 Å². The van der Waals surface area contributed by atoms with Gasteiger partial charge < -0.3 is 10.4 Å². The van der Waals surface area contributed by atoms with Crippen LogP contribution < -0.4 is 5.32 Å². The number of hydrogen-bond donors (Lipinski definition) is 2. The van der Waals surface area contributed by atoms with Crippen LogP contribution in [0.5, 0.6) is 0 Å². The first-order chi connectivity index (χ1) is 6.22. The van der Waals surface area contributed by atoms with Crippen LogP contribution in [0.25, 0.3) is 0 Å². The number of nitrogens with one attached hydrogen (secondary N) is 1. The van der Waals surface area contributed by atoms with Crippen molar-refractivity contribution >= 4 is 21.7 Å². The van der Waals surface area contributed by atoms with Crippen LogP contribution in [0.4, 0.5) is 5.82 Å². The highest BCUT2D eigenvalue weighted by molar-refractivity contribution is 9.10. The first-order valence-electron chi connectivity index (χ1n) is 4.21. The van der Waals surface area contributed by atoms with Gasteiger partial charge in [0.05, 0.1) is 0 Å². The van der Waals surface area contributed by atoms with Crippen LogP contribution in [0.1, 0.15) is 13.3 Å². The second-order valence-electron chi connectivity index (χ2n) is 2.92. The average molecular weight is 245 g/mol. The fourth-order valence-corrected chi connectivity index (χ4v) is 1.34. The molecule has 0 aliphatic rings. The first kappa shape index (κ1) is 10.5. The number of hydrogen-bond acceptors (Lipinski definition) is 3. The lowest BCUT2D eigenvalue weighted by Crippen LogP contribution is -2.17. The minimum atomic E-state index is 0.197. The summed E-state index contributed by atoms with van der Waals surface area (Å²) in [6.07, 6.45) is 2.46. The molecule has 0 aliphatic heterocycles. The molecule has 1 aromatic rings. The lowest BCUT2D eigenvalue weighted by atomic mass is 10.2. The quantitative estimate of drug-likeness (QED) is 0.853. The Morgan fingerprint density at radius 2 is 2.46 bits per heavy atom. The Hall–Kier alpha value is -0.610. The van der Waals surface area contributed by atoms with E-state index < -0.39 is 0 Å². The van der Waals surface area contributed by atoms with Crippen LogP contribution in [0.3, 0.4) is 0 Å². The van der Waals surface area contributed by atoms with Crippen molar-refractivity contribution in [2.75, 3.05) is 11.9 Å². The molecule has 13 heavy (non-hydrogen) atoms. The molecule has 0 spiro atoms. The van der Waals surface area contributed by atoms with E-state index in [1.807, 2.05) is 19.1 Å². The summed E-state index contributed by atoms with van der Waals surface area (Å²) < 4.78 is 1.00. The maximum absolute atomic E-state index is 8.70. The predicted molar refractivity (Wildman–Crippen MR) is 56.7 cm³/mol. The molecule has 0 radical (unpaired) electrons. The van der Waals surface area contributed by atoms with Gasteiger partial charge in [-0.1, -0.05) is 15.9 Å². The first-order valence-corrected chi connectivity index (χ1v) is 5.00. The van der Waals surface area contributed by atoms with E-state index in [2.05, 4.69) is 26.2 Å². The summed E-state index contributed by atoms with van der Waals surface area (Å²) in [6.45, 7) is 2.21. The molecule has 0 amide bonds. The fourth-order valence-electron chi connectivity index (χ4n) is 1.00. The molecule has 0 saturated heterocycles. The predicted octanol–water partition coefficient (Wildman–Crippen LogP) is 2.03. The maximum Gasteiger partial charge on any atom is 0.127 e. The molecule has 0 aliphatic carbocycles. The van der Waals surface area contributed by atoms with Crippen LogP contribution in [0.2, 0.25) is 0 Å². The molecular weight excluding hydrogens is 232 g/mol. The molecule has 0 bridgehead atoms. The van der Waals surface area contributed by atoms with Gasteiger partial charge in [0.2, 0.25) is 0 Å². The Morgan fingerprint density at radius 3 is 3.08 bits per heavy atom. The van der Waals surface area contributed by atoms with Gasteiger partial charge in [-0.25, -0.2) is 4.98 Å². The molecule has 0 aromatic carbocycles. The van der Waals surface area contributed by atoms with E-state index in [-0.39, 0.29) is 12.6 Å². The van der Waals surface area contributed by atoms with Crippen LogP contribution in [0.15, 0.2) is 22.8 Å². The van der Waals surface area contributed by atoms with Crippen molar-refractivity contribution < 1.29 is 5.11 Å². The largest absolute Gasteiger partial charge is 0.396 e. The zero-order valence-electron chi connectivity index (χ0n) is 7.50. The summed E-state index contributed by atoms with van der Waals surface area (Å²) in [7, 11) is 0. The van der Waals surface area contributed by atoms with Crippen molar-refractivity contribution in [3.63, 3.8) is 0 Å². The fraction of sp³-hybridized carbons (Fsp3) is 0.444. The van der Waals surface area contributed by atoms with E-state index in [4.69, 9.17) is 5.11 Å². The molecule has 1 rings (SSSR count). The second-order valence-corrected chi connectivity index (χ2v) is 3.83. The lowest BCUT2D eigenvalue weighted by molar-refractivity contribution is 0.282. The lowest BCUT2D eigenvalue weighted by Gasteiger charge is -2.12. The van der Waals surface area contributed by atoms with Gasteiger partial charge in [0.25, 0.3) is 0 Å². The minimum absolute atomic E-state index is 0.197. The van der Waals surface area contributed by atoms with Crippen molar-refractivity contribution in [3.8, 4) is 0 Å². The summed E-state index contributed by atoms with van der Waals surface area (Å²) in [5, 5.41) is 11.9. The SMILES string of the molecule is C[C@H](CCO)Nc1cc(Br)ccn1. The van der Waals surface area contributed by atoms with Crippen molar-refractivity contribution in [2.24, 2.45) is 0 Å². The standard InChI is InChI=1S/C9H13BrN2O/c1-7(3-5-13)12-9-6-8(10)2-4-11-9/h2,4,6-7,13H,3,5H2,1H3,(H,11,12)/t7-/m1/s1. The minimum Gasteiger partial charge on any atom is -0.396 e. The molecule has 1 heterocycles. The van der Waals surface area contributed by atoms with Gasteiger partial charge in [-0.05, 0) is 25.5 Å². The third kappa shape index (κ3) is 3.74. The molecular formula is C9H13BrN2O. The van der Waals surface area contributed by atoms with Gasteiger partial charge in [-0.3, -0.25) is 0 Å². The van der Waals surface area contributed by atoms with E-state index in [0.717, 1.165) is 16.7 Å². The number of halogens is 1. The highest BCUT2D eigenvalue weighted by Crippen LogP contribution is 2.13. The van der Waals surface area contributed by atoms with E-state index >= 15 is 0 Å². The Morgan fingerprint density at radius 1 is 1.69 bits per heavy atom. The summed E-state index contributed by atoms with van der Waals surface area (Å²) >= 11 is 3.36. The van der Waals surface area contributed by atoms with E-state index in [0.29, 0.717) is 0 Å². The van der Waals surface area contributed by atoms with E-state index in [1.165, 1.54) is 0 Å². The summed E-state index contributed by atoms with van der Waals surface area (Å²) in [5.74, 6) is 0.829. The zero-order valence-corrected chi connectivity index (χ0v) is 9.08. The Bertz CT molecular complexity index is 268. The van der Waals surface area contributed by atoms with Gasteiger partial charge in [0.1, 0.15) is 5.82 Å². The number of aliphatic hydroxyl groups is 1. The highest BCUT2D eigenvalue weighted by Gasteiger charge is 2.01. The number of rotatable bonds is 4. The molecule has 2 N–H and O–H groups in total. The van der Waals surface area contributed by atoms with Gasteiger partial charge in [0.15, 0.2) is 0 Å². The van der Waals surface area contributed by atoms with Crippen LogP contribution >= 0.6 is 15.9 Å². The topological polar surface area (TPSA) is 45.1 Å². The van der Waals surface area contributed by atoms with Gasteiger partial charge in [-0.15, -0.1) is 0 Å². The van der Waals surface area contributed by atoms with Crippen LogP contribution in [0, 0.1) is 0 Å². The van der Waals surface area contributed by atoms with Crippen molar-refractivity contribution in [1.82, 2.24) is 4.98 Å². The van der Waals surface area contributed by atoms with Crippen molar-refractivity contribution in [3.05, 3.63) is 22.8 Å². The molecule has 1 atom stereocenters. The third-order valence-electron chi connectivity index (χ3n) is 1.68. The molecule has 0 fully saturated rings. The van der Waals surface area contributed by atoms with Crippen LogP contribution in [-0.2, 0) is 0 Å². The second kappa shape index (κ2) is 5.19. The Balaban J connectivity index is 2.53.